The van der Waals surface area contributed by atoms with Gasteiger partial charge in [0.15, 0.2) is 0 Å². The minimum absolute atomic E-state index is 0.0268. The lowest BCUT2D eigenvalue weighted by Gasteiger charge is -2.28. The van der Waals surface area contributed by atoms with Crippen LogP contribution in [0.1, 0.15) is 17.0 Å². The van der Waals surface area contributed by atoms with Gasteiger partial charge in [-0.1, -0.05) is 18.2 Å². The lowest BCUT2D eigenvalue weighted by Crippen LogP contribution is -2.40. The first-order valence-electron chi connectivity index (χ1n) is 5.08. The molecule has 1 N–H and O–H groups in total. The van der Waals surface area contributed by atoms with Gasteiger partial charge in [-0.05, 0) is 11.6 Å². The van der Waals surface area contributed by atoms with Gasteiger partial charge in [0.05, 0.1) is 0 Å². The van der Waals surface area contributed by atoms with Crippen LogP contribution in [-0.2, 0) is 5.92 Å². The monoisotopic (exact) mass is 251 g/mol. The Morgan fingerprint density at radius 2 is 1.71 bits per heavy atom. The van der Waals surface area contributed by atoms with Crippen molar-refractivity contribution in [1.82, 2.24) is 5.32 Å². The van der Waals surface area contributed by atoms with Crippen LogP contribution in [0.2, 0.25) is 0 Å². The van der Waals surface area contributed by atoms with E-state index in [2.05, 4.69) is 5.32 Å². The summed E-state index contributed by atoms with van der Waals surface area (Å²) in [6, 6.07) is 4.56. The predicted octanol–water partition coefficient (Wildman–Crippen LogP) is 3.03. The van der Waals surface area contributed by atoms with Crippen molar-refractivity contribution in [1.29, 1.82) is 0 Å². The highest BCUT2D eigenvalue weighted by Crippen LogP contribution is 2.44. The van der Waals surface area contributed by atoms with Crippen molar-refractivity contribution in [2.45, 2.75) is 18.0 Å². The Bertz CT molecular complexity index is 409. The molecule has 1 heterocycles. The fraction of sp³-hybridized carbons (Fsp3) is 0.455. The second-order valence-electron chi connectivity index (χ2n) is 4.05. The zero-order valence-electron chi connectivity index (χ0n) is 8.69. The zero-order valence-corrected chi connectivity index (χ0v) is 8.69. The molecule has 2 rings (SSSR count). The fourth-order valence-corrected chi connectivity index (χ4v) is 1.68. The van der Waals surface area contributed by atoms with Crippen LogP contribution in [0, 0.1) is 0 Å². The van der Waals surface area contributed by atoms with Gasteiger partial charge in [-0.2, -0.15) is 22.0 Å². The van der Waals surface area contributed by atoms with Crippen LogP contribution in [-0.4, -0.2) is 19.3 Å². The summed E-state index contributed by atoms with van der Waals surface area (Å²) in [7, 11) is 0. The Labute approximate surface area is 94.6 Å². The molecule has 1 nitrogen and oxygen atoms in total. The van der Waals surface area contributed by atoms with Gasteiger partial charge in [-0.3, -0.25) is 0 Å². The predicted molar refractivity (Wildman–Crippen MR) is 52.0 cm³/mol. The summed E-state index contributed by atoms with van der Waals surface area (Å²) in [5, 5.41) is 2.94. The molecule has 0 aliphatic carbocycles. The summed E-state index contributed by atoms with van der Waals surface area (Å²) in [6.07, 6.45) is -5.55. The van der Waals surface area contributed by atoms with Crippen LogP contribution in [0.4, 0.5) is 22.0 Å². The Kier molecular flexibility index (Phi) is 2.85. The highest BCUT2D eigenvalue weighted by Gasteiger charge is 2.58. The van der Waals surface area contributed by atoms with Crippen molar-refractivity contribution >= 4 is 0 Å². The quantitative estimate of drug-likeness (QED) is 0.797. The van der Waals surface area contributed by atoms with Gasteiger partial charge in [0.1, 0.15) is 0 Å². The highest BCUT2D eigenvalue weighted by atomic mass is 19.4. The van der Waals surface area contributed by atoms with Gasteiger partial charge in [-0.25, -0.2) is 0 Å². The lowest BCUT2D eigenvalue weighted by atomic mass is 9.91. The Morgan fingerprint density at radius 1 is 1.06 bits per heavy atom. The normalized spacial score (nSPS) is 17.9. The van der Waals surface area contributed by atoms with E-state index in [4.69, 9.17) is 0 Å². The van der Waals surface area contributed by atoms with Crippen molar-refractivity contribution in [3.05, 3.63) is 35.4 Å². The third kappa shape index (κ3) is 2.13. The third-order valence-corrected chi connectivity index (χ3v) is 2.86. The Balaban J connectivity index is 2.32. The molecule has 0 spiro atoms. The second kappa shape index (κ2) is 3.94. The molecular weight excluding hydrogens is 241 g/mol. The van der Waals surface area contributed by atoms with E-state index in [9.17, 15) is 22.0 Å². The lowest BCUT2D eigenvalue weighted by molar-refractivity contribution is -0.289. The van der Waals surface area contributed by atoms with E-state index >= 15 is 0 Å². The molecular formula is C11H10F5N. The molecule has 0 saturated carbocycles. The minimum atomic E-state index is -5.55. The van der Waals surface area contributed by atoms with E-state index in [0.717, 1.165) is 12.1 Å². The van der Waals surface area contributed by atoms with Crippen LogP contribution in [0.3, 0.4) is 0 Å². The van der Waals surface area contributed by atoms with Crippen LogP contribution >= 0.6 is 0 Å². The number of halogens is 5. The molecule has 6 heteroatoms. The fourth-order valence-electron chi connectivity index (χ4n) is 1.68. The molecule has 0 radical (unpaired) electrons. The van der Waals surface area contributed by atoms with Crippen molar-refractivity contribution in [2.24, 2.45) is 0 Å². The molecule has 0 aromatic heterocycles. The standard InChI is InChI=1S/C11H10F5N/c12-10(13,11(14,15)16)9-3-1-2-7(4-9)8-5-17-6-8/h1-4,8,17H,5-6H2. The molecule has 0 bridgehead atoms. The summed E-state index contributed by atoms with van der Waals surface area (Å²) in [6.45, 7) is 1.22. The number of rotatable bonds is 2. The van der Waals surface area contributed by atoms with E-state index in [1.807, 2.05) is 0 Å². The molecule has 1 saturated heterocycles. The minimum Gasteiger partial charge on any atom is -0.315 e. The zero-order chi connectivity index (χ0) is 12.7. The average molecular weight is 251 g/mol. The topological polar surface area (TPSA) is 12.0 Å². The van der Waals surface area contributed by atoms with Gasteiger partial charge in [0.25, 0.3) is 0 Å². The average Bonchev–Trinajstić information content (AvgIpc) is 2.13. The number of hydrogen-bond donors (Lipinski definition) is 1. The maximum Gasteiger partial charge on any atom is 0.458 e. The summed E-state index contributed by atoms with van der Waals surface area (Å²) in [5.41, 5.74) is -0.473. The molecule has 1 aliphatic heterocycles. The van der Waals surface area contributed by atoms with Gasteiger partial charge in [0, 0.05) is 24.6 Å². The van der Waals surface area contributed by atoms with Crippen LogP contribution < -0.4 is 5.32 Å². The summed E-state index contributed by atoms with van der Waals surface area (Å²) < 4.78 is 62.7. The number of alkyl halides is 5. The molecule has 1 aromatic carbocycles. The number of nitrogens with one attached hydrogen (secondary N) is 1. The Hall–Kier alpha value is -1.17. The first kappa shape index (κ1) is 12.3. The first-order valence-corrected chi connectivity index (χ1v) is 5.08. The van der Waals surface area contributed by atoms with E-state index in [1.165, 1.54) is 6.07 Å². The third-order valence-electron chi connectivity index (χ3n) is 2.86. The van der Waals surface area contributed by atoms with Gasteiger partial charge in [0.2, 0.25) is 0 Å². The smallest absolute Gasteiger partial charge is 0.315 e. The molecule has 0 unspecified atom stereocenters. The number of benzene rings is 1. The van der Waals surface area contributed by atoms with Crippen molar-refractivity contribution in [3.8, 4) is 0 Å². The molecule has 1 aliphatic rings. The van der Waals surface area contributed by atoms with Gasteiger partial charge >= 0.3 is 12.1 Å². The largest absolute Gasteiger partial charge is 0.458 e. The van der Waals surface area contributed by atoms with Crippen molar-refractivity contribution in [3.63, 3.8) is 0 Å². The van der Waals surface area contributed by atoms with Crippen LogP contribution in [0.25, 0.3) is 0 Å². The highest BCUT2D eigenvalue weighted by molar-refractivity contribution is 5.31. The molecule has 94 valence electrons. The first-order chi connectivity index (χ1) is 7.82. The number of hydrogen-bond acceptors (Lipinski definition) is 1. The van der Waals surface area contributed by atoms with Crippen LogP contribution in [0.5, 0.6) is 0 Å². The molecule has 1 aromatic rings. The molecule has 1 fully saturated rings. The Morgan fingerprint density at radius 3 is 2.18 bits per heavy atom. The molecule has 0 amide bonds. The molecule has 0 atom stereocenters. The maximum absolute atomic E-state index is 13.1. The maximum atomic E-state index is 13.1. The van der Waals surface area contributed by atoms with Crippen molar-refractivity contribution in [2.75, 3.05) is 13.1 Å². The SMILES string of the molecule is FC(F)(F)C(F)(F)c1cccc(C2CNC2)c1. The van der Waals surface area contributed by atoms with E-state index in [-0.39, 0.29) is 5.92 Å². The molecule has 17 heavy (non-hydrogen) atoms. The van der Waals surface area contributed by atoms with Crippen LogP contribution in [0.15, 0.2) is 24.3 Å². The van der Waals surface area contributed by atoms with E-state index < -0.39 is 17.7 Å². The van der Waals surface area contributed by atoms with Gasteiger partial charge in [-0.15, -0.1) is 0 Å². The van der Waals surface area contributed by atoms with E-state index in [0.29, 0.717) is 18.7 Å². The van der Waals surface area contributed by atoms with E-state index in [1.54, 1.807) is 6.07 Å². The van der Waals surface area contributed by atoms with Crippen molar-refractivity contribution < 1.29 is 22.0 Å². The summed E-state index contributed by atoms with van der Waals surface area (Å²) in [5.74, 6) is -4.76. The summed E-state index contributed by atoms with van der Waals surface area (Å²) in [4.78, 5) is 0. The summed E-state index contributed by atoms with van der Waals surface area (Å²) >= 11 is 0. The second-order valence-corrected chi connectivity index (χ2v) is 4.05. The van der Waals surface area contributed by atoms with Gasteiger partial charge < -0.3 is 5.32 Å².